The van der Waals surface area contributed by atoms with Gasteiger partial charge < -0.3 is 14.6 Å². The second-order valence-electron chi connectivity index (χ2n) is 9.14. The summed E-state index contributed by atoms with van der Waals surface area (Å²) in [6, 6.07) is 2.73. The van der Waals surface area contributed by atoms with Crippen LogP contribution in [0.2, 0.25) is 0 Å². The molecule has 1 saturated heterocycles. The van der Waals surface area contributed by atoms with Gasteiger partial charge >= 0.3 is 18.8 Å². The molecule has 1 aromatic rings. The number of hydrogen-bond acceptors (Lipinski definition) is 6. The highest BCUT2D eigenvalue weighted by Crippen LogP contribution is 2.34. The van der Waals surface area contributed by atoms with Crippen molar-refractivity contribution in [2.75, 3.05) is 26.2 Å². The molecule has 1 aromatic carbocycles. The number of likely N-dealkylation sites (tertiary alicyclic amines) is 1. The average molecular weight is 625 g/mol. The lowest BCUT2D eigenvalue weighted by atomic mass is 9.93. The lowest BCUT2D eigenvalue weighted by molar-refractivity contribution is -0.141. The Labute approximate surface area is 239 Å². The zero-order valence-corrected chi connectivity index (χ0v) is 23.3. The SMILES string of the molecule is C=C/C(F)=C\C(=C/N(CC1(OC(=C)/C=C\CC)CN(CCC(=O)O)C1)S(=O)(=O)c1cccc(C(F)(F)F)c1)OC(F)F. The van der Waals surface area contributed by atoms with E-state index < -0.39 is 63.0 Å². The van der Waals surface area contributed by atoms with Gasteiger partial charge in [-0.3, -0.25) is 14.0 Å². The molecule has 2 rings (SSSR count). The molecule has 0 spiro atoms. The highest BCUT2D eigenvalue weighted by atomic mass is 32.2. The second-order valence-corrected chi connectivity index (χ2v) is 11.0. The van der Waals surface area contributed by atoms with Crippen molar-refractivity contribution in [3.63, 3.8) is 0 Å². The molecule has 0 saturated carbocycles. The minimum Gasteiger partial charge on any atom is -0.483 e. The Morgan fingerprint density at radius 3 is 2.50 bits per heavy atom. The molecule has 1 heterocycles. The number of carboxylic acids is 1. The summed E-state index contributed by atoms with van der Waals surface area (Å²) in [4.78, 5) is 11.8. The van der Waals surface area contributed by atoms with Crippen LogP contribution in [-0.2, 0) is 30.5 Å². The van der Waals surface area contributed by atoms with E-state index in [2.05, 4.69) is 17.9 Å². The maximum atomic E-state index is 14.0. The van der Waals surface area contributed by atoms with Crippen molar-refractivity contribution in [2.24, 2.45) is 0 Å². The first-order valence-corrected chi connectivity index (χ1v) is 13.8. The molecule has 232 valence electrons. The molecule has 1 fully saturated rings. The van der Waals surface area contributed by atoms with Crippen molar-refractivity contribution in [1.82, 2.24) is 9.21 Å². The third-order valence-corrected chi connectivity index (χ3v) is 7.44. The summed E-state index contributed by atoms with van der Waals surface area (Å²) in [6.07, 6.45) is 0.172. The predicted molar refractivity (Wildman–Crippen MR) is 141 cm³/mol. The number of nitrogens with zero attached hydrogens (tertiary/aromatic N) is 2. The molecule has 0 aliphatic carbocycles. The number of ether oxygens (including phenoxy) is 2. The molecule has 1 N–H and O–H groups in total. The molecule has 0 atom stereocenters. The molecule has 0 amide bonds. The van der Waals surface area contributed by atoms with Gasteiger partial charge in [0.1, 0.15) is 17.3 Å². The Morgan fingerprint density at radius 2 is 1.95 bits per heavy atom. The standard InChI is InChI=1S/C27H30F6N2O6S/c1-4-6-8-19(3)41-26(16-34(17-26)12-11-24(36)37)18-35(15-22(40-25(29)30)14-21(28)5-2)42(38,39)23-10-7-9-20(13-23)27(31,32)33/h5-10,13-15,25H,2-4,11-12,16-18H2,1H3,(H,36,37)/b8-6-,21-14+,22-15+. The molecule has 0 bridgehead atoms. The van der Waals surface area contributed by atoms with Crippen LogP contribution in [-0.4, -0.2) is 67.1 Å². The van der Waals surface area contributed by atoms with Crippen molar-refractivity contribution in [1.29, 1.82) is 0 Å². The lowest BCUT2D eigenvalue weighted by Gasteiger charge is -2.51. The molecule has 1 aliphatic rings. The maximum Gasteiger partial charge on any atom is 0.416 e. The largest absolute Gasteiger partial charge is 0.483 e. The van der Waals surface area contributed by atoms with E-state index in [9.17, 15) is 39.6 Å². The van der Waals surface area contributed by atoms with Gasteiger partial charge in [-0.2, -0.15) is 22.0 Å². The number of halogens is 6. The first-order valence-electron chi connectivity index (χ1n) is 12.4. The minimum atomic E-state index is -4.95. The highest BCUT2D eigenvalue weighted by Gasteiger charge is 2.48. The number of aliphatic carboxylic acids is 1. The smallest absolute Gasteiger partial charge is 0.416 e. The van der Waals surface area contributed by atoms with E-state index in [1.54, 1.807) is 11.0 Å². The number of carboxylic acid groups (broad SMARTS) is 1. The predicted octanol–water partition coefficient (Wildman–Crippen LogP) is 5.84. The fraction of sp³-hybridized carbons (Fsp3) is 0.370. The fourth-order valence-corrected chi connectivity index (χ4v) is 5.38. The summed E-state index contributed by atoms with van der Waals surface area (Å²) < 4.78 is 119. The number of carbonyl (C=O) groups is 1. The summed E-state index contributed by atoms with van der Waals surface area (Å²) in [5.74, 6) is -3.17. The molecule has 0 aromatic heterocycles. The number of allylic oxidation sites excluding steroid dienone is 5. The second kappa shape index (κ2) is 14.4. The van der Waals surface area contributed by atoms with Gasteiger partial charge in [0.25, 0.3) is 10.0 Å². The van der Waals surface area contributed by atoms with Crippen molar-refractivity contribution in [2.45, 2.75) is 43.0 Å². The summed E-state index contributed by atoms with van der Waals surface area (Å²) >= 11 is 0. The van der Waals surface area contributed by atoms with Crippen LogP contribution in [0.3, 0.4) is 0 Å². The van der Waals surface area contributed by atoms with Gasteiger partial charge in [-0.15, -0.1) is 0 Å². The first kappa shape index (κ1) is 34.5. The quantitative estimate of drug-likeness (QED) is 0.140. The topological polar surface area (TPSA) is 96.4 Å². The van der Waals surface area contributed by atoms with E-state index >= 15 is 0 Å². The minimum absolute atomic E-state index is 0.0565. The Hall–Kier alpha value is -3.72. The molecule has 42 heavy (non-hydrogen) atoms. The van der Waals surface area contributed by atoms with Crippen molar-refractivity contribution in [3.05, 3.63) is 90.8 Å². The number of alkyl halides is 5. The maximum absolute atomic E-state index is 14.0. The number of rotatable bonds is 16. The number of hydrogen-bond donors (Lipinski definition) is 1. The van der Waals surface area contributed by atoms with Gasteiger partial charge in [0.2, 0.25) is 0 Å². The average Bonchev–Trinajstić information content (AvgIpc) is 2.87. The summed E-state index contributed by atoms with van der Waals surface area (Å²) in [5, 5.41) is 9.00. The molecule has 0 unspecified atom stereocenters. The van der Waals surface area contributed by atoms with Crippen LogP contribution in [0.5, 0.6) is 0 Å². The number of sulfonamides is 1. The van der Waals surface area contributed by atoms with E-state index in [4.69, 9.17) is 9.84 Å². The van der Waals surface area contributed by atoms with Gasteiger partial charge in [-0.1, -0.05) is 32.2 Å². The monoisotopic (exact) mass is 624 g/mol. The van der Waals surface area contributed by atoms with Crippen molar-refractivity contribution in [3.8, 4) is 0 Å². The van der Waals surface area contributed by atoms with Crippen molar-refractivity contribution < 1.29 is 54.1 Å². The van der Waals surface area contributed by atoms with Crippen LogP contribution in [0, 0.1) is 0 Å². The molecule has 1 aliphatic heterocycles. The van der Waals surface area contributed by atoms with E-state index in [1.807, 2.05) is 6.92 Å². The van der Waals surface area contributed by atoms with E-state index in [0.717, 1.165) is 12.1 Å². The van der Waals surface area contributed by atoms with Crippen LogP contribution < -0.4 is 0 Å². The van der Waals surface area contributed by atoms with Crippen LogP contribution in [0.25, 0.3) is 0 Å². The molecular formula is C27H30F6N2O6S. The third-order valence-electron chi connectivity index (χ3n) is 5.74. The zero-order chi connectivity index (χ0) is 31.7. The fourth-order valence-electron chi connectivity index (χ4n) is 3.93. The van der Waals surface area contributed by atoms with E-state index in [-0.39, 0.29) is 31.8 Å². The van der Waals surface area contributed by atoms with E-state index in [0.29, 0.717) is 41.2 Å². The zero-order valence-electron chi connectivity index (χ0n) is 22.5. The Kier molecular flexibility index (Phi) is 11.9. The Balaban J connectivity index is 2.66. The molecular weight excluding hydrogens is 594 g/mol. The lowest BCUT2D eigenvalue weighted by Crippen LogP contribution is -2.67. The molecule has 0 radical (unpaired) electrons. The first-order chi connectivity index (χ1) is 19.5. The normalized spacial score (nSPS) is 16.3. The van der Waals surface area contributed by atoms with Crippen LogP contribution >= 0.6 is 0 Å². The third kappa shape index (κ3) is 9.98. The van der Waals surface area contributed by atoms with Crippen molar-refractivity contribution >= 4 is 16.0 Å². The van der Waals surface area contributed by atoms with Gasteiger partial charge in [-0.05, 0) is 36.8 Å². The van der Waals surface area contributed by atoms with E-state index in [1.165, 1.54) is 6.08 Å². The van der Waals surface area contributed by atoms with Gasteiger partial charge in [-0.25, -0.2) is 12.8 Å². The van der Waals surface area contributed by atoms with Gasteiger partial charge in [0.15, 0.2) is 5.60 Å². The summed E-state index contributed by atoms with van der Waals surface area (Å²) in [6.45, 7) is 4.43. The molecule has 8 nitrogen and oxygen atoms in total. The highest BCUT2D eigenvalue weighted by molar-refractivity contribution is 7.89. The summed E-state index contributed by atoms with van der Waals surface area (Å²) in [7, 11) is -4.95. The van der Waals surface area contributed by atoms with Crippen LogP contribution in [0.15, 0.2) is 90.2 Å². The van der Waals surface area contributed by atoms with Gasteiger partial charge in [0, 0.05) is 25.7 Å². The van der Waals surface area contributed by atoms with Crippen LogP contribution in [0.4, 0.5) is 26.3 Å². The van der Waals surface area contributed by atoms with Crippen LogP contribution in [0.1, 0.15) is 25.3 Å². The Bertz CT molecular complexity index is 1330. The summed E-state index contributed by atoms with van der Waals surface area (Å²) in [5.41, 5.74) is -2.75. The van der Waals surface area contributed by atoms with Gasteiger partial charge in [0.05, 0.1) is 29.6 Å². The Morgan fingerprint density at radius 1 is 1.29 bits per heavy atom. The number of benzene rings is 1. The molecule has 15 heteroatoms.